The smallest absolute Gasteiger partial charge is 0.172 e. The molecule has 1 aliphatic heterocycles. The van der Waals surface area contributed by atoms with Crippen LogP contribution in [-0.2, 0) is 0 Å². The van der Waals surface area contributed by atoms with Crippen molar-refractivity contribution in [3.8, 4) is 5.75 Å². The first kappa shape index (κ1) is 12.5. The van der Waals surface area contributed by atoms with Crippen molar-refractivity contribution >= 4 is 11.5 Å². The topological polar surface area (TPSA) is 38.3 Å². The van der Waals surface area contributed by atoms with Gasteiger partial charge in [-0.2, -0.15) is 0 Å². The standard InChI is InChI=1S/C18H17NO2/c20-18(16-11-19-17-4-2-1-3-15(16)17)12-5-7-13(8-6-12)21-14-9-10-14/h1-8,14,16,19H,9-11H2. The fourth-order valence-electron chi connectivity index (χ4n) is 2.80. The molecular weight excluding hydrogens is 262 g/mol. The highest BCUT2D eigenvalue weighted by Gasteiger charge is 2.29. The monoisotopic (exact) mass is 279 g/mol. The number of nitrogens with one attached hydrogen (secondary N) is 1. The van der Waals surface area contributed by atoms with Crippen molar-refractivity contribution in [3.05, 3.63) is 59.7 Å². The molecule has 1 saturated carbocycles. The van der Waals surface area contributed by atoms with Crippen molar-refractivity contribution in [2.45, 2.75) is 24.9 Å². The number of hydrogen-bond acceptors (Lipinski definition) is 3. The zero-order valence-electron chi connectivity index (χ0n) is 11.7. The third kappa shape index (κ3) is 2.40. The van der Waals surface area contributed by atoms with Crippen LogP contribution in [0.15, 0.2) is 48.5 Å². The average Bonchev–Trinajstić information content (AvgIpc) is 3.23. The summed E-state index contributed by atoms with van der Waals surface area (Å²) in [5.74, 6) is 0.945. The van der Waals surface area contributed by atoms with Gasteiger partial charge in [0.2, 0.25) is 0 Å². The molecule has 1 aliphatic carbocycles. The highest BCUT2D eigenvalue weighted by atomic mass is 16.5. The highest BCUT2D eigenvalue weighted by molar-refractivity contribution is 6.03. The minimum atomic E-state index is -0.0867. The molecule has 1 heterocycles. The van der Waals surface area contributed by atoms with Crippen molar-refractivity contribution in [3.63, 3.8) is 0 Å². The van der Waals surface area contributed by atoms with Crippen LogP contribution in [0.4, 0.5) is 5.69 Å². The van der Waals surface area contributed by atoms with Crippen LogP contribution in [-0.4, -0.2) is 18.4 Å². The van der Waals surface area contributed by atoms with Gasteiger partial charge in [-0.15, -0.1) is 0 Å². The van der Waals surface area contributed by atoms with Gasteiger partial charge >= 0.3 is 0 Å². The van der Waals surface area contributed by atoms with Gasteiger partial charge in [0.25, 0.3) is 0 Å². The number of para-hydroxylation sites is 1. The Balaban J connectivity index is 1.54. The average molecular weight is 279 g/mol. The molecule has 21 heavy (non-hydrogen) atoms. The number of fused-ring (bicyclic) bond motifs is 1. The van der Waals surface area contributed by atoms with Gasteiger partial charge in [0.1, 0.15) is 5.75 Å². The Bertz CT molecular complexity index is 674. The summed E-state index contributed by atoms with van der Waals surface area (Å²) in [6, 6.07) is 15.6. The number of ether oxygens (including phenoxy) is 1. The Morgan fingerprint density at radius 3 is 2.57 bits per heavy atom. The lowest BCUT2D eigenvalue weighted by Crippen LogP contribution is -2.14. The van der Waals surface area contributed by atoms with Crippen molar-refractivity contribution in [2.75, 3.05) is 11.9 Å². The first-order valence-electron chi connectivity index (χ1n) is 7.45. The van der Waals surface area contributed by atoms with Crippen LogP contribution in [0.1, 0.15) is 34.7 Å². The zero-order valence-corrected chi connectivity index (χ0v) is 11.7. The second-order valence-corrected chi connectivity index (χ2v) is 5.73. The van der Waals surface area contributed by atoms with Crippen LogP contribution < -0.4 is 10.1 Å². The summed E-state index contributed by atoms with van der Waals surface area (Å²) in [5.41, 5.74) is 2.92. The Morgan fingerprint density at radius 1 is 1.05 bits per heavy atom. The molecule has 3 nitrogen and oxygen atoms in total. The second kappa shape index (κ2) is 4.92. The van der Waals surface area contributed by atoms with Gasteiger partial charge < -0.3 is 10.1 Å². The van der Waals surface area contributed by atoms with Gasteiger partial charge in [-0.3, -0.25) is 4.79 Å². The quantitative estimate of drug-likeness (QED) is 0.869. The molecule has 2 aliphatic rings. The SMILES string of the molecule is O=C(c1ccc(OC2CC2)cc1)C1CNc2ccccc21. The maximum atomic E-state index is 12.7. The number of ketones is 1. The molecule has 1 N–H and O–H groups in total. The predicted octanol–water partition coefficient (Wildman–Crippen LogP) is 3.62. The van der Waals surface area contributed by atoms with E-state index in [1.807, 2.05) is 48.5 Å². The van der Waals surface area contributed by atoms with Crippen LogP contribution in [0, 0.1) is 0 Å². The largest absolute Gasteiger partial charge is 0.490 e. The van der Waals surface area contributed by atoms with Crippen molar-refractivity contribution in [2.24, 2.45) is 0 Å². The number of benzene rings is 2. The van der Waals surface area contributed by atoms with E-state index in [-0.39, 0.29) is 11.7 Å². The minimum Gasteiger partial charge on any atom is -0.490 e. The molecule has 2 aromatic carbocycles. The van der Waals surface area contributed by atoms with E-state index in [2.05, 4.69) is 5.32 Å². The lowest BCUT2D eigenvalue weighted by atomic mass is 9.92. The van der Waals surface area contributed by atoms with E-state index in [1.54, 1.807) is 0 Å². The number of Topliss-reactive ketones (excluding diaryl/α,β-unsaturated/α-hetero) is 1. The van der Waals surface area contributed by atoms with Gasteiger partial charge in [-0.25, -0.2) is 0 Å². The van der Waals surface area contributed by atoms with Crippen LogP contribution in [0.5, 0.6) is 5.75 Å². The maximum absolute atomic E-state index is 12.7. The van der Waals surface area contributed by atoms with Crippen molar-refractivity contribution in [1.29, 1.82) is 0 Å². The molecular formula is C18H17NO2. The Kier molecular flexibility index (Phi) is 2.92. The molecule has 2 aromatic rings. The zero-order chi connectivity index (χ0) is 14.2. The molecule has 0 aromatic heterocycles. The summed E-state index contributed by atoms with van der Waals surface area (Å²) in [4.78, 5) is 12.7. The molecule has 4 rings (SSSR count). The Labute approximate surface area is 123 Å². The van der Waals surface area contributed by atoms with Gasteiger partial charge in [0, 0.05) is 17.8 Å². The summed E-state index contributed by atoms with van der Waals surface area (Å²) in [6.07, 6.45) is 2.67. The van der Waals surface area contributed by atoms with E-state index in [0.717, 1.165) is 35.4 Å². The fraction of sp³-hybridized carbons (Fsp3) is 0.278. The summed E-state index contributed by atoms with van der Waals surface area (Å²) in [7, 11) is 0. The number of anilines is 1. The van der Waals surface area contributed by atoms with Gasteiger partial charge in [-0.05, 0) is 48.7 Å². The third-order valence-corrected chi connectivity index (χ3v) is 4.12. The van der Waals surface area contributed by atoms with E-state index in [4.69, 9.17) is 4.74 Å². The molecule has 0 saturated heterocycles. The Hall–Kier alpha value is -2.29. The van der Waals surface area contributed by atoms with E-state index < -0.39 is 0 Å². The Morgan fingerprint density at radius 2 is 1.81 bits per heavy atom. The second-order valence-electron chi connectivity index (χ2n) is 5.73. The lowest BCUT2D eigenvalue weighted by Gasteiger charge is -2.10. The molecule has 1 atom stereocenters. The molecule has 0 amide bonds. The molecule has 0 bridgehead atoms. The normalized spacial score (nSPS) is 19.7. The number of carbonyl (C=O) groups excluding carboxylic acids is 1. The summed E-state index contributed by atoms with van der Waals surface area (Å²) in [5, 5.41) is 3.30. The molecule has 0 spiro atoms. The van der Waals surface area contributed by atoms with Crippen LogP contribution in [0.25, 0.3) is 0 Å². The predicted molar refractivity (Wildman–Crippen MR) is 82.1 cm³/mol. The maximum Gasteiger partial charge on any atom is 0.172 e. The van der Waals surface area contributed by atoms with E-state index in [1.165, 1.54) is 0 Å². The fourth-order valence-corrected chi connectivity index (χ4v) is 2.80. The molecule has 1 unspecified atom stereocenters. The molecule has 0 radical (unpaired) electrons. The summed E-state index contributed by atoms with van der Waals surface area (Å²) < 4.78 is 5.72. The molecule has 3 heteroatoms. The van der Waals surface area contributed by atoms with Gasteiger partial charge in [0.15, 0.2) is 5.78 Å². The van der Waals surface area contributed by atoms with Crippen LogP contribution in [0.2, 0.25) is 0 Å². The minimum absolute atomic E-state index is 0.0867. The van der Waals surface area contributed by atoms with Crippen LogP contribution >= 0.6 is 0 Å². The van der Waals surface area contributed by atoms with Crippen LogP contribution in [0.3, 0.4) is 0 Å². The highest BCUT2D eigenvalue weighted by Crippen LogP contribution is 2.34. The number of carbonyl (C=O) groups is 1. The molecule has 1 fully saturated rings. The summed E-state index contributed by atoms with van der Waals surface area (Å²) >= 11 is 0. The lowest BCUT2D eigenvalue weighted by molar-refractivity contribution is 0.0966. The first-order valence-corrected chi connectivity index (χ1v) is 7.45. The van der Waals surface area contributed by atoms with Gasteiger partial charge in [0.05, 0.1) is 12.0 Å². The molecule has 106 valence electrons. The first-order chi connectivity index (χ1) is 10.3. The number of rotatable bonds is 4. The summed E-state index contributed by atoms with van der Waals surface area (Å²) in [6.45, 7) is 0.679. The van der Waals surface area contributed by atoms with Crippen molar-refractivity contribution in [1.82, 2.24) is 0 Å². The van der Waals surface area contributed by atoms with E-state index in [9.17, 15) is 4.79 Å². The third-order valence-electron chi connectivity index (χ3n) is 4.12. The van der Waals surface area contributed by atoms with E-state index >= 15 is 0 Å². The van der Waals surface area contributed by atoms with E-state index in [0.29, 0.717) is 12.6 Å². The van der Waals surface area contributed by atoms with Crippen molar-refractivity contribution < 1.29 is 9.53 Å². The number of hydrogen-bond donors (Lipinski definition) is 1. The van der Waals surface area contributed by atoms with Gasteiger partial charge in [-0.1, -0.05) is 18.2 Å².